The molecule has 1 atom stereocenters. The van der Waals surface area contributed by atoms with Gasteiger partial charge in [-0.3, -0.25) is 0 Å². The molecule has 1 rings (SSSR count). The molecule has 0 N–H and O–H groups in total. The maximum absolute atomic E-state index is 8.59. The van der Waals surface area contributed by atoms with Gasteiger partial charge in [-0.05, 0) is 49.9 Å². The number of para-hydroxylation sites is 1. The zero-order valence-electron chi connectivity index (χ0n) is 9.96. The van der Waals surface area contributed by atoms with Gasteiger partial charge in [-0.2, -0.15) is 5.26 Å². The Labute approximate surface area is 107 Å². The van der Waals surface area contributed by atoms with E-state index in [0.29, 0.717) is 0 Å². The van der Waals surface area contributed by atoms with Crippen LogP contribution in [0, 0.1) is 10.7 Å². The van der Waals surface area contributed by atoms with Gasteiger partial charge in [0.25, 0.3) is 0 Å². The summed E-state index contributed by atoms with van der Waals surface area (Å²) in [5.41, 5.74) is 0. The van der Waals surface area contributed by atoms with Gasteiger partial charge in [0.2, 0.25) is 0 Å². The summed E-state index contributed by atoms with van der Waals surface area (Å²) in [7, 11) is 0. The van der Waals surface area contributed by atoms with Crippen molar-refractivity contribution in [1.82, 2.24) is 0 Å². The molecule has 0 spiro atoms. The van der Waals surface area contributed by atoms with Gasteiger partial charge in [0, 0.05) is 5.25 Å². The van der Waals surface area contributed by atoms with E-state index in [-0.39, 0.29) is 5.25 Å². The fourth-order valence-corrected chi connectivity index (χ4v) is 1.63. The normalized spacial score (nSPS) is 13.4. The van der Waals surface area contributed by atoms with Crippen LogP contribution >= 0.6 is 11.8 Å². The Kier molecular flexibility index (Phi) is 5.98. The van der Waals surface area contributed by atoms with E-state index in [4.69, 9.17) is 10.00 Å². The maximum atomic E-state index is 8.59. The molecule has 17 heavy (non-hydrogen) atoms. The van der Waals surface area contributed by atoms with Crippen molar-refractivity contribution in [2.75, 3.05) is 0 Å². The molecule has 1 unspecified atom stereocenters. The highest BCUT2D eigenvalue weighted by molar-refractivity contribution is 8.04. The molecule has 3 heteroatoms. The lowest BCUT2D eigenvalue weighted by Gasteiger charge is -2.08. The number of nitrogens with zero attached hydrogens (tertiary/aromatic N) is 1. The van der Waals surface area contributed by atoms with Gasteiger partial charge in [-0.1, -0.05) is 24.3 Å². The molecular formula is C14H15NOS. The third-order valence-corrected chi connectivity index (χ3v) is 2.56. The average Bonchev–Trinajstić information content (AvgIpc) is 2.31. The van der Waals surface area contributed by atoms with Gasteiger partial charge in [-0.25, -0.2) is 0 Å². The van der Waals surface area contributed by atoms with Crippen LogP contribution in [0.5, 0.6) is 5.75 Å². The van der Waals surface area contributed by atoms with Crippen LogP contribution in [0.4, 0.5) is 0 Å². The van der Waals surface area contributed by atoms with Gasteiger partial charge in [0.1, 0.15) is 16.9 Å². The van der Waals surface area contributed by atoms with Crippen molar-refractivity contribution in [2.45, 2.75) is 19.1 Å². The first-order valence-corrected chi connectivity index (χ1v) is 6.26. The molecule has 0 aliphatic heterocycles. The first-order valence-electron chi connectivity index (χ1n) is 5.38. The summed E-state index contributed by atoms with van der Waals surface area (Å²) in [6, 6.07) is 9.60. The van der Waals surface area contributed by atoms with Crippen LogP contribution in [0.2, 0.25) is 0 Å². The van der Waals surface area contributed by atoms with E-state index in [1.54, 1.807) is 0 Å². The van der Waals surface area contributed by atoms with Crippen molar-refractivity contribution in [1.29, 1.82) is 5.26 Å². The second-order valence-corrected chi connectivity index (χ2v) is 4.56. The first kappa shape index (κ1) is 13.4. The van der Waals surface area contributed by atoms with Crippen LogP contribution in [-0.2, 0) is 0 Å². The molecule has 0 bridgehead atoms. The Bertz CT molecular complexity index is 431. The highest BCUT2D eigenvalue weighted by Gasteiger charge is 2.02. The van der Waals surface area contributed by atoms with Gasteiger partial charge in [0.05, 0.1) is 0 Å². The fourth-order valence-electron chi connectivity index (χ4n) is 1.26. The summed E-state index contributed by atoms with van der Waals surface area (Å²) < 4.78 is 5.72. The van der Waals surface area contributed by atoms with Crippen LogP contribution in [-0.4, -0.2) is 5.25 Å². The summed E-state index contributed by atoms with van der Waals surface area (Å²) in [6.07, 6.45) is 5.74. The lowest BCUT2D eigenvalue weighted by atomic mass is 10.3. The average molecular weight is 245 g/mol. The van der Waals surface area contributed by atoms with Crippen molar-refractivity contribution in [3.05, 3.63) is 54.3 Å². The lowest BCUT2D eigenvalue weighted by molar-refractivity contribution is 0.442. The van der Waals surface area contributed by atoms with Crippen LogP contribution in [0.1, 0.15) is 13.8 Å². The number of thiocyanates is 1. The topological polar surface area (TPSA) is 33.0 Å². The molecule has 0 saturated heterocycles. The monoisotopic (exact) mass is 245 g/mol. The Balaban J connectivity index is 2.77. The smallest absolute Gasteiger partial charge is 0.133 e. The molecule has 1 aromatic carbocycles. The quantitative estimate of drug-likeness (QED) is 0.444. The summed E-state index contributed by atoms with van der Waals surface area (Å²) in [5, 5.41) is 10.8. The molecule has 0 fully saturated rings. The Morgan fingerprint density at radius 3 is 2.71 bits per heavy atom. The van der Waals surface area contributed by atoms with Gasteiger partial charge < -0.3 is 4.74 Å². The van der Waals surface area contributed by atoms with Crippen molar-refractivity contribution >= 4 is 11.8 Å². The van der Waals surface area contributed by atoms with E-state index in [0.717, 1.165) is 11.5 Å². The van der Waals surface area contributed by atoms with E-state index >= 15 is 0 Å². The van der Waals surface area contributed by atoms with Gasteiger partial charge >= 0.3 is 0 Å². The predicted molar refractivity (Wildman–Crippen MR) is 72.6 cm³/mol. The molecule has 0 radical (unpaired) electrons. The number of ether oxygens (including phenoxy) is 1. The molecule has 0 saturated carbocycles. The molecule has 0 aliphatic rings. The summed E-state index contributed by atoms with van der Waals surface area (Å²) >= 11 is 1.21. The zero-order chi connectivity index (χ0) is 12.5. The minimum Gasteiger partial charge on any atom is -0.458 e. The van der Waals surface area contributed by atoms with Crippen LogP contribution in [0.15, 0.2) is 54.3 Å². The SMILES string of the molecule is C/C=C\C(=C/C(C)SC#N)Oc1ccccc1. The molecule has 0 aliphatic carbocycles. The second kappa shape index (κ2) is 7.59. The number of hydrogen-bond donors (Lipinski definition) is 0. The van der Waals surface area contributed by atoms with E-state index in [1.807, 2.05) is 62.4 Å². The summed E-state index contributed by atoms with van der Waals surface area (Å²) in [6.45, 7) is 3.90. The van der Waals surface area contributed by atoms with Crippen molar-refractivity contribution in [3.63, 3.8) is 0 Å². The van der Waals surface area contributed by atoms with E-state index in [9.17, 15) is 0 Å². The Hall–Kier alpha value is -1.66. The third kappa shape index (κ3) is 5.28. The second-order valence-electron chi connectivity index (χ2n) is 3.40. The largest absolute Gasteiger partial charge is 0.458 e. The summed E-state index contributed by atoms with van der Waals surface area (Å²) in [4.78, 5) is 0. The van der Waals surface area contributed by atoms with E-state index in [2.05, 4.69) is 5.40 Å². The van der Waals surface area contributed by atoms with Crippen molar-refractivity contribution in [2.24, 2.45) is 0 Å². The van der Waals surface area contributed by atoms with Gasteiger partial charge in [0.15, 0.2) is 0 Å². The molecule has 2 nitrogen and oxygen atoms in total. The van der Waals surface area contributed by atoms with Crippen LogP contribution in [0.3, 0.4) is 0 Å². The number of benzene rings is 1. The number of allylic oxidation sites excluding steroid dienone is 2. The number of hydrogen-bond acceptors (Lipinski definition) is 3. The lowest BCUT2D eigenvalue weighted by Crippen LogP contribution is -1.97. The molecule has 0 heterocycles. The zero-order valence-corrected chi connectivity index (χ0v) is 10.8. The third-order valence-electron chi connectivity index (χ3n) is 1.95. The highest BCUT2D eigenvalue weighted by Crippen LogP contribution is 2.17. The number of rotatable bonds is 5. The Morgan fingerprint density at radius 1 is 1.41 bits per heavy atom. The summed E-state index contributed by atoms with van der Waals surface area (Å²) in [5.74, 6) is 1.56. The highest BCUT2D eigenvalue weighted by atomic mass is 32.2. The van der Waals surface area contributed by atoms with Crippen LogP contribution < -0.4 is 4.74 Å². The maximum Gasteiger partial charge on any atom is 0.133 e. The molecule has 1 aromatic rings. The molecule has 88 valence electrons. The minimum atomic E-state index is 0.106. The van der Waals surface area contributed by atoms with Crippen LogP contribution in [0.25, 0.3) is 0 Å². The number of nitriles is 1. The molecule has 0 amide bonds. The van der Waals surface area contributed by atoms with Crippen molar-refractivity contribution < 1.29 is 4.74 Å². The van der Waals surface area contributed by atoms with E-state index < -0.39 is 0 Å². The minimum absolute atomic E-state index is 0.106. The fraction of sp³-hybridized carbons (Fsp3) is 0.214. The standard InChI is InChI=1S/C14H15NOS/c1-3-7-14(10-12(2)17-11-15)16-13-8-5-4-6-9-13/h3-10,12H,1-2H3/b7-3-,14-10+. The Morgan fingerprint density at radius 2 is 2.12 bits per heavy atom. The number of thioether (sulfide) groups is 1. The molecule has 0 aromatic heterocycles. The first-order chi connectivity index (χ1) is 8.26. The molecular weight excluding hydrogens is 230 g/mol. The van der Waals surface area contributed by atoms with Crippen molar-refractivity contribution in [3.8, 4) is 11.2 Å². The van der Waals surface area contributed by atoms with Gasteiger partial charge in [-0.15, -0.1) is 0 Å². The van der Waals surface area contributed by atoms with E-state index in [1.165, 1.54) is 11.8 Å². The predicted octanol–water partition coefficient (Wildman–Crippen LogP) is 4.13.